The van der Waals surface area contributed by atoms with Crippen molar-refractivity contribution in [1.29, 1.82) is 0 Å². The molecule has 0 unspecified atom stereocenters. The van der Waals surface area contributed by atoms with Crippen molar-refractivity contribution in [1.82, 2.24) is 10.9 Å². The van der Waals surface area contributed by atoms with Crippen LogP contribution in [-0.4, -0.2) is 31.4 Å². The molecule has 1 saturated heterocycles. The first-order valence-electron chi connectivity index (χ1n) is 8.60. The van der Waals surface area contributed by atoms with E-state index in [4.69, 9.17) is 4.74 Å². The van der Waals surface area contributed by atoms with Crippen LogP contribution < -0.4 is 20.5 Å². The summed E-state index contributed by atoms with van der Waals surface area (Å²) in [6.07, 6.45) is 0.101. The second-order valence-corrected chi connectivity index (χ2v) is 6.38. The van der Waals surface area contributed by atoms with E-state index in [0.29, 0.717) is 11.3 Å². The van der Waals surface area contributed by atoms with Crippen molar-refractivity contribution in [3.8, 4) is 5.75 Å². The minimum atomic E-state index is -0.531. The molecule has 3 rings (SSSR count). The Morgan fingerprint density at radius 1 is 1.07 bits per heavy atom. The van der Waals surface area contributed by atoms with Gasteiger partial charge in [0.15, 0.2) is 0 Å². The Morgan fingerprint density at radius 3 is 2.48 bits per heavy atom. The molecule has 7 nitrogen and oxygen atoms in total. The standard InChI is InChI=1S/C20H21N3O4/c1-13-7-9-15(10-8-13)23-12-14(11-18(23)24)19(25)21-22-20(26)16-5-3-4-6-17(16)27-2/h3-10,14H,11-12H2,1-2H3,(H,21,25)(H,22,26)/t14-/m1/s1. The van der Waals surface area contributed by atoms with Gasteiger partial charge in [0.05, 0.1) is 18.6 Å². The van der Waals surface area contributed by atoms with Gasteiger partial charge in [0.25, 0.3) is 5.91 Å². The normalized spacial score (nSPS) is 16.1. The average Bonchev–Trinajstić information content (AvgIpc) is 3.08. The lowest BCUT2D eigenvalue weighted by Gasteiger charge is -2.17. The van der Waals surface area contributed by atoms with Crippen molar-refractivity contribution in [3.05, 3.63) is 59.7 Å². The van der Waals surface area contributed by atoms with E-state index in [0.717, 1.165) is 11.3 Å². The molecule has 2 aromatic carbocycles. The fourth-order valence-electron chi connectivity index (χ4n) is 2.98. The Hall–Kier alpha value is -3.35. The number of nitrogens with zero attached hydrogens (tertiary/aromatic N) is 1. The van der Waals surface area contributed by atoms with Crippen LogP contribution in [0.1, 0.15) is 22.3 Å². The lowest BCUT2D eigenvalue weighted by Crippen LogP contribution is -2.45. The number of hydrogen-bond donors (Lipinski definition) is 2. The maximum atomic E-state index is 12.4. The van der Waals surface area contributed by atoms with E-state index in [-0.39, 0.29) is 18.9 Å². The van der Waals surface area contributed by atoms with Gasteiger partial charge in [0.2, 0.25) is 11.8 Å². The predicted octanol–water partition coefficient (Wildman–Crippen LogP) is 1.82. The quantitative estimate of drug-likeness (QED) is 0.807. The van der Waals surface area contributed by atoms with E-state index in [1.165, 1.54) is 7.11 Å². The van der Waals surface area contributed by atoms with Gasteiger partial charge in [-0.1, -0.05) is 29.8 Å². The zero-order valence-corrected chi connectivity index (χ0v) is 15.2. The summed E-state index contributed by atoms with van der Waals surface area (Å²) in [5, 5.41) is 0. The van der Waals surface area contributed by atoms with Gasteiger partial charge >= 0.3 is 0 Å². The van der Waals surface area contributed by atoms with Crippen LogP contribution in [0.15, 0.2) is 48.5 Å². The number of aryl methyl sites for hydroxylation is 1. The molecule has 0 spiro atoms. The zero-order chi connectivity index (χ0) is 19.4. The second kappa shape index (κ2) is 7.90. The largest absolute Gasteiger partial charge is 0.496 e. The van der Waals surface area contributed by atoms with E-state index in [2.05, 4.69) is 10.9 Å². The summed E-state index contributed by atoms with van der Waals surface area (Å²) >= 11 is 0. The first-order chi connectivity index (χ1) is 13.0. The number of methoxy groups -OCH3 is 1. The molecule has 1 heterocycles. The Balaban J connectivity index is 1.59. The molecule has 2 aromatic rings. The van der Waals surface area contributed by atoms with Gasteiger partial charge in [-0.15, -0.1) is 0 Å². The fraction of sp³-hybridized carbons (Fsp3) is 0.250. The van der Waals surface area contributed by atoms with E-state index in [9.17, 15) is 14.4 Å². The van der Waals surface area contributed by atoms with Crippen molar-refractivity contribution in [3.63, 3.8) is 0 Å². The second-order valence-electron chi connectivity index (χ2n) is 6.38. The smallest absolute Gasteiger partial charge is 0.273 e. The number of rotatable bonds is 4. The van der Waals surface area contributed by atoms with Crippen LogP contribution in [0, 0.1) is 12.8 Å². The molecule has 0 aromatic heterocycles. The summed E-state index contributed by atoms with van der Waals surface area (Å²) in [6.45, 7) is 2.24. The van der Waals surface area contributed by atoms with Gasteiger partial charge in [-0.25, -0.2) is 0 Å². The minimum absolute atomic E-state index is 0.101. The van der Waals surface area contributed by atoms with Gasteiger partial charge in [0, 0.05) is 18.7 Å². The van der Waals surface area contributed by atoms with Crippen LogP contribution in [0.4, 0.5) is 5.69 Å². The van der Waals surface area contributed by atoms with E-state index in [1.54, 1.807) is 29.2 Å². The lowest BCUT2D eigenvalue weighted by atomic mass is 10.1. The molecular formula is C20H21N3O4. The molecule has 140 valence electrons. The summed E-state index contributed by atoms with van der Waals surface area (Å²) in [7, 11) is 1.47. The number of carbonyl (C=O) groups excluding carboxylic acids is 3. The van der Waals surface area contributed by atoms with Crippen LogP contribution in [0.3, 0.4) is 0 Å². The number of hydrazine groups is 1. The number of nitrogens with one attached hydrogen (secondary N) is 2. The third kappa shape index (κ3) is 4.08. The predicted molar refractivity (Wildman–Crippen MR) is 100 cm³/mol. The Kier molecular flexibility index (Phi) is 5.40. The Labute approximate surface area is 157 Å². The van der Waals surface area contributed by atoms with Crippen molar-refractivity contribution < 1.29 is 19.1 Å². The Morgan fingerprint density at radius 2 is 1.78 bits per heavy atom. The van der Waals surface area contributed by atoms with Crippen LogP contribution in [0.25, 0.3) is 0 Å². The summed E-state index contributed by atoms with van der Waals surface area (Å²) in [6, 6.07) is 14.3. The highest BCUT2D eigenvalue weighted by Gasteiger charge is 2.35. The first kappa shape index (κ1) is 18.4. The van der Waals surface area contributed by atoms with Gasteiger partial charge in [-0.05, 0) is 31.2 Å². The summed E-state index contributed by atoms with van der Waals surface area (Å²) < 4.78 is 5.13. The fourth-order valence-corrected chi connectivity index (χ4v) is 2.98. The molecule has 0 bridgehead atoms. The number of benzene rings is 2. The van der Waals surface area contributed by atoms with Crippen molar-refractivity contribution in [2.45, 2.75) is 13.3 Å². The minimum Gasteiger partial charge on any atom is -0.496 e. The molecule has 1 fully saturated rings. The van der Waals surface area contributed by atoms with Crippen molar-refractivity contribution in [2.24, 2.45) is 5.92 Å². The molecule has 0 radical (unpaired) electrons. The third-order valence-electron chi connectivity index (χ3n) is 4.49. The topological polar surface area (TPSA) is 87.7 Å². The van der Waals surface area contributed by atoms with E-state index in [1.807, 2.05) is 31.2 Å². The van der Waals surface area contributed by atoms with Gasteiger partial charge < -0.3 is 9.64 Å². The highest BCUT2D eigenvalue weighted by molar-refractivity contribution is 6.01. The molecule has 7 heteroatoms. The molecule has 3 amide bonds. The first-order valence-corrected chi connectivity index (χ1v) is 8.60. The molecule has 1 atom stereocenters. The van der Waals surface area contributed by atoms with Crippen LogP contribution in [0.5, 0.6) is 5.75 Å². The summed E-state index contributed by atoms with van der Waals surface area (Å²) in [4.78, 5) is 38.5. The van der Waals surface area contributed by atoms with Gasteiger partial charge in [-0.2, -0.15) is 0 Å². The maximum Gasteiger partial charge on any atom is 0.273 e. The highest BCUT2D eigenvalue weighted by Crippen LogP contribution is 2.25. The Bertz CT molecular complexity index is 864. The van der Waals surface area contributed by atoms with Crippen LogP contribution in [-0.2, 0) is 9.59 Å². The van der Waals surface area contributed by atoms with Gasteiger partial charge in [0.1, 0.15) is 5.75 Å². The number of carbonyl (C=O) groups is 3. The number of amides is 3. The number of anilines is 1. The third-order valence-corrected chi connectivity index (χ3v) is 4.49. The summed E-state index contributed by atoms with van der Waals surface area (Å²) in [5.74, 6) is -1.13. The summed E-state index contributed by atoms with van der Waals surface area (Å²) in [5.41, 5.74) is 6.95. The molecule has 0 saturated carbocycles. The van der Waals surface area contributed by atoms with Crippen LogP contribution in [0.2, 0.25) is 0 Å². The van der Waals surface area contributed by atoms with E-state index < -0.39 is 17.7 Å². The molecule has 27 heavy (non-hydrogen) atoms. The van der Waals surface area contributed by atoms with Crippen LogP contribution >= 0.6 is 0 Å². The number of ether oxygens (including phenoxy) is 1. The maximum absolute atomic E-state index is 12.4. The molecule has 2 N–H and O–H groups in total. The SMILES string of the molecule is COc1ccccc1C(=O)NNC(=O)[C@@H]1CC(=O)N(c2ccc(C)cc2)C1. The molecule has 1 aliphatic rings. The monoisotopic (exact) mass is 367 g/mol. The molecule has 0 aliphatic carbocycles. The van der Waals surface area contributed by atoms with Gasteiger partial charge in [-0.3, -0.25) is 25.2 Å². The molecular weight excluding hydrogens is 346 g/mol. The number of para-hydroxylation sites is 1. The highest BCUT2D eigenvalue weighted by atomic mass is 16.5. The van der Waals surface area contributed by atoms with Crippen molar-refractivity contribution >= 4 is 23.4 Å². The molecule has 1 aliphatic heterocycles. The lowest BCUT2D eigenvalue weighted by molar-refractivity contribution is -0.126. The number of hydrogen-bond acceptors (Lipinski definition) is 4. The van der Waals surface area contributed by atoms with E-state index >= 15 is 0 Å². The zero-order valence-electron chi connectivity index (χ0n) is 15.2. The van der Waals surface area contributed by atoms with Crippen molar-refractivity contribution in [2.75, 3.05) is 18.6 Å². The average molecular weight is 367 g/mol.